The number of hydrogen-bond donors (Lipinski definition) is 2. The third-order valence-electron chi connectivity index (χ3n) is 4.00. The average Bonchev–Trinajstić information content (AvgIpc) is 3.15. The number of aromatic amines is 1. The van der Waals surface area contributed by atoms with Crippen LogP contribution in [0, 0.1) is 0 Å². The Bertz CT molecular complexity index is 537. The number of H-pyrrole nitrogens is 1. The molecule has 0 saturated heterocycles. The second-order valence-electron chi connectivity index (χ2n) is 5.31. The maximum atomic E-state index is 12.6. The van der Waals surface area contributed by atoms with Gasteiger partial charge < -0.3 is 19.9 Å². The van der Waals surface area contributed by atoms with Gasteiger partial charge in [-0.05, 0) is 19.8 Å². The number of aromatic nitrogens is 2. The first-order chi connectivity index (χ1) is 9.61. The Balaban J connectivity index is 1.85. The maximum Gasteiger partial charge on any atom is 0.326 e. The minimum Gasteiger partial charge on any atom is -0.480 e. The van der Waals surface area contributed by atoms with Crippen molar-refractivity contribution in [2.24, 2.45) is 0 Å². The molecule has 0 bridgehead atoms. The van der Waals surface area contributed by atoms with E-state index in [1.54, 1.807) is 11.2 Å². The van der Waals surface area contributed by atoms with Crippen LogP contribution in [0.2, 0.25) is 0 Å². The van der Waals surface area contributed by atoms with Crippen LogP contribution in [-0.4, -0.2) is 55.5 Å². The summed E-state index contributed by atoms with van der Waals surface area (Å²) >= 11 is 0. The number of urea groups is 1. The average molecular weight is 278 g/mol. The number of carboxylic acid groups (broad SMARTS) is 1. The molecule has 0 aromatic carbocycles. The molecule has 0 radical (unpaired) electrons. The van der Waals surface area contributed by atoms with Gasteiger partial charge in [-0.15, -0.1) is 0 Å². The highest BCUT2D eigenvalue weighted by Gasteiger charge is 2.41. The van der Waals surface area contributed by atoms with Crippen molar-refractivity contribution in [2.45, 2.75) is 44.8 Å². The number of amides is 2. The third-order valence-corrected chi connectivity index (χ3v) is 4.00. The molecule has 1 aromatic heterocycles. The van der Waals surface area contributed by atoms with Gasteiger partial charge in [0.2, 0.25) is 0 Å². The van der Waals surface area contributed by atoms with Crippen LogP contribution < -0.4 is 0 Å². The number of carboxylic acids is 1. The van der Waals surface area contributed by atoms with E-state index in [0.29, 0.717) is 6.54 Å². The van der Waals surface area contributed by atoms with Crippen LogP contribution in [-0.2, 0) is 17.8 Å². The monoisotopic (exact) mass is 278 g/mol. The van der Waals surface area contributed by atoms with E-state index in [1.165, 1.54) is 4.90 Å². The second kappa shape index (κ2) is 4.81. The number of nitrogens with zero attached hydrogens (tertiary/aromatic N) is 3. The Hall–Kier alpha value is -2.05. The summed E-state index contributed by atoms with van der Waals surface area (Å²) < 4.78 is 0. The number of carbonyl (C=O) groups is 2. The number of hydrogen-bond acceptors (Lipinski definition) is 3. The topological polar surface area (TPSA) is 89.5 Å². The molecule has 7 nitrogen and oxygen atoms in total. The van der Waals surface area contributed by atoms with Gasteiger partial charge in [0.1, 0.15) is 6.04 Å². The summed E-state index contributed by atoms with van der Waals surface area (Å²) in [6.45, 7) is 2.83. The molecule has 1 saturated carbocycles. The molecule has 1 fully saturated rings. The summed E-state index contributed by atoms with van der Waals surface area (Å²) in [4.78, 5) is 34.4. The van der Waals surface area contributed by atoms with Crippen molar-refractivity contribution in [1.82, 2.24) is 19.8 Å². The number of aliphatic carboxylic acids is 1. The molecule has 0 spiro atoms. The quantitative estimate of drug-likeness (QED) is 0.856. The van der Waals surface area contributed by atoms with Crippen LogP contribution in [0.4, 0.5) is 4.79 Å². The largest absolute Gasteiger partial charge is 0.480 e. The van der Waals surface area contributed by atoms with Crippen molar-refractivity contribution in [1.29, 1.82) is 0 Å². The molecule has 20 heavy (non-hydrogen) atoms. The van der Waals surface area contributed by atoms with Gasteiger partial charge in [0, 0.05) is 19.0 Å². The van der Waals surface area contributed by atoms with Crippen LogP contribution in [0.25, 0.3) is 0 Å². The first kappa shape index (κ1) is 13.0. The molecule has 2 amide bonds. The van der Waals surface area contributed by atoms with E-state index in [0.717, 1.165) is 24.2 Å². The molecule has 2 aliphatic rings. The first-order valence-electron chi connectivity index (χ1n) is 6.93. The number of rotatable bonds is 3. The van der Waals surface area contributed by atoms with Crippen molar-refractivity contribution in [2.75, 3.05) is 6.54 Å². The molecule has 2 heterocycles. The van der Waals surface area contributed by atoms with Crippen LogP contribution in [0.3, 0.4) is 0 Å². The molecule has 1 aliphatic heterocycles. The molecule has 7 heteroatoms. The highest BCUT2D eigenvalue weighted by Crippen LogP contribution is 2.30. The smallest absolute Gasteiger partial charge is 0.326 e. The van der Waals surface area contributed by atoms with Crippen molar-refractivity contribution in [3.8, 4) is 0 Å². The van der Waals surface area contributed by atoms with E-state index in [4.69, 9.17) is 0 Å². The zero-order chi connectivity index (χ0) is 14.3. The minimum absolute atomic E-state index is 0.178. The Labute approximate surface area is 116 Å². The third kappa shape index (κ3) is 2.13. The second-order valence-corrected chi connectivity index (χ2v) is 5.31. The van der Waals surface area contributed by atoms with Gasteiger partial charge in [-0.25, -0.2) is 14.6 Å². The van der Waals surface area contributed by atoms with E-state index in [1.807, 2.05) is 6.92 Å². The minimum atomic E-state index is -0.973. The van der Waals surface area contributed by atoms with Crippen LogP contribution in [0.5, 0.6) is 0 Å². The fraction of sp³-hybridized carbons (Fsp3) is 0.615. The van der Waals surface area contributed by atoms with Gasteiger partial charge in [-0.2, -0.15) is 0 Å². The fourth-order valence-electron chi connectivity index (χ4n) is 2.76. The normalized spacial score (nSPS) is 21.4. The van der Waals surface area contributed by atoms with E-state index in [-0.39, 0.29) is 25.0 Å². The molecule has 1 atom stereocenters. The standard InChI is InChI=1S/C13H18N4O3/c1-2-16(8-3-4-8)13(20)17-6-10-9(14-7-15-10)5-11(17)12(18)19/h7-8,11H,2-6H2,1H3,(H,14,15)(H,18,19). The molecular formula is C13H18N4O3. The van der Waals surface area contributed by atoms with Gasteiger partial charge in [0.25, 0.3) is 0 Å². The van der Waals surface area contributed by atoms with Crippen LogP contribution >= 0.6 is 0 Å². The Morgan fingerprint density at radius 2 is 2.30 bits per heavy atom. The number of nitrogens with one attached hydrogen (secondary N) is 1. The van der Waals surface area contributed by atoms with Crippen molar-refractivity contribution >= 4 is 12.0 Å². The zero-order valence-electron chi connectivity index (χ0n) is 11.4. The summed E-state index contributed by atoms with van der Waals surface area (Å²) in [6, 6.07) is -0.723. The summed E-state index contributed by atoms with van der Waals surface area (Å²) in [7, 11) is 0. The van der Waals surface area contributed by atoms with E-state index in [9.17, 15) is 14.7 Å². The van der Waals surface area contributed by atoms with Gasteiger partial charge in [0.05, 0.1) is 24.3 Å². The molecule has 1 aliphatic carbocycles. The van der Waals surface area contributed by atoms with Crippen LogP contribution in [0.15, 0.2) is 6.33 Å². The predicted molar refractivity (Wildman–Crippen MR) is 70.1 cm³/mol. The lowest BCUT2D eigenvalue weighted by molar-refractivity contribution is -0.143. The van der Waals surface area contributed by atoms with E-state index < -0.39 is 12.0 Å². The molecule has 1 unspecified atom stereocenters. The fourth-order valence-corrected chi connectivity index (χ4v) is 2.76. The molecule has 108 valence electrons. The van der Waals surface area contributed by atoms with Gasteiger partial charge in [0.15, 0.2) is 0 Å². The van der Waals surface area contributed by atoms with Gasteiger partial charge >= 0.3 is 12.0 Å². The highest BCUT2D eigenvalue weighted by molar-refractivity contribution is 5.83. The first-order valence-corrected chi connectivity index (χ1v) is 6.93. The van der Waals surface area contributed by atoms with Gasteiger partial charge in [-0.3, -0.25) is 0 Å². The van der Waals surface area contributed by atoms with E-state index in [2.05, 4.69) is 9.97 Å². The van der Waals surface area contributed by atoms with Crippen molar-refractivity contribution in [3.63, 3.8) is 0 Å². The molecule has 3 rings (SSSR count). The van der Waals surface area contributed by atoms with Crippen molar-refractivity contribution in [3.05, 3.63) is 17.7 Å². The zero-order valence-corrected chi connectivity index (χ0v) is 11.4. The molecular weight excluding hydrogens is 260 g/mol. The maximum absolute atomic E-state index is 12.6. The lowest BCUT2D eigenvalue weighted by Gasteiger charge is -2.36. The van der Waals surface area contributed by atoms with Crippen LogP contribution in [0.1, 0.15) is 31.2 Å². The number of imidazole rings is 1. The Morgan fingerprint density at radius 1 is 1.55 bits per heavy atom. The van der Waals surface area contributed by atoms with Gasteiger partial charge in [-0.1, -0.05) is 0 Å². The lowest BCUT2D eigenvalue weighted by atomic mass is 10.0. The summed E-state index contributed by atoms with van der Waals surface area (Å²) in [5, 5.41) is 9.38. The lowest BCUT2D eigenvalue weighted by Crippen LogP contribution is -2.54. The summed E-state index contributed by atoms with van der Waals surface area (Å²) in [5.41, 5.74) is 1.58. The Kier molecular flexibility index (Phi) is 3.11. The highest BCUT2D eigenvalue weighted by atomic mass is 16.4. The number of fused-ring (bicyclic) bond motifs is 1. The van der Waals surface area contributed by atoms with E-state index >= 15 is 0 Å². The SMILES string of the molecule is CCN(C(=O)N1Cc2[nH]cnc2CC1C(=O)O)C1CC1. The number of carbonyl (C=O) groups excluding carboxylic acids is 1. The Morgan fingerprint density at radius 3 is 2.90 bits per heavy atom. The van der Waals surface area contributed by atoms with Crippen molar-refractivity contribution < 1.29 is 14.7 Å². The predicted octanol–water partition coefficient (Wildman–Crippen LogP) is 0.825. The summed E-state index contributed by atoms with van der Waals surface area (Å²) in [5.74, 6) is -0.973. The molecule has 1 aromatic rings. The summed E-state index contributed by atoms with van der Waals surface area (Å²) in [6.07, 6.45) is 3.85. The molecule has 2 N–H and O–H groups in total.